The van der Waals surface area contributed by atoms with Crippen LogP contribution in [0.4, 0.5) is 0 Å². The SMILES string of the molecule is Cc1ccc(C)c([C@@H]2CN(CN3C(=O)[C@@H]4CCC[C@@H]43)[C@H](C)CO2)c1. The predicted octanol–water partition coefficient (Wildman–Crippen LogP) is 3.03. The minimum Gasteiger partial charge on any atom is -0.371 e. The van der Waals surface area contributed by atoms with Crippen molar-refractivity contribution in [3.63, 3.8) is 0 Å². The number of rotatable bonds is 3. The number of likely N-dealkylation sites (tertiary alicyclic amines) is 1. The van der Waals surface area contributed by atoms with Crippen LogP contribution in [-0.2, 0) is 9.53 Å². The Bertz CT molecular complexity index is 645. The molecule has 0 bridgehead atoms. The molecule has 1 amide bonds. The summed E-state index contributed by atoms with van der Waals surface area (Å²) in [6.07, 6.45) is 3.61. The highest BCUT2D eigenvalue weighted by atomic mass is 16.5. The van der Waals surface area contributed by atoms with Gasteiger partial charge in [0.2, 0.25) is 5.91 Å². The molecular formula is C20H28N2O2. The van der Waals surface area contributed by atoms with Crippen molar-refractivity contribution in [1.82, 2.24) is 9.80 Å². The summed E-state index contributed by atoms with van der Waals surface area (Å²) in [4.78, 5) is 16.9. The monoisotopic (exact) mass is 328 g/mol. The van der Waals surface area contributed by atoms with E-state index in [1.165, 1.54) is 29.5 Å². The van der Waals surface area contributed by atoms with Gasteiger partial charge < -0.3 is 9.64 Å². The quantitative estimate of drug-likeness (QED) is 0.800. The maximum absolute atomic E-state index is 12.3. The molecule has 1 aromatic carbocycles. The molecule has 130 valence electrons. The first kappa shape index (κ1) is 16.1. The van der Waals surface area contributed by atoms with Crippen molar-refractivity contribution in [3.05, 3.63) is 34.9 Å². The number of hydrogen-bond donors (Lipinski definition) is 0. The van der Waals surface area contributed by atoms with Crippen LogP contribution in [0.1, 0.15) is 49.0 Å². The molecule has 2 aliphatic heterocycles. The molecule has 4 heteroatoms. The van der Waals surface area contributed by atoms with E-state index >= 15 is 0 Å². The number of carbonyl (C=O) groups is 1. The molecule has 1 saturated carbocycles. The van der Waals surface area contributed by atoms with Gasteiger partial charge in [0, 0.05) is 18.6 Å². The zero-order valence-corrected chi connectivity index (χ0v) is 15.0. The van der Waals surface area contributed by atoms with Crippen LogP contribution in [0.15, 0.2) is 18.2 Å². The number of amides is 1. The third-order valence-electron chi connectivity index (χ3n) is 6.16. The summed E-state index contributed by atoms with van der Waals surface area (Å²) in [5, 5.41) is 0. The maximum Gasteiger partial charge on any atom is 0.229 e. The van der Waals surface area contributed by atoms with Crippen molar-refractivity contribution in [2.24, 2.45) is 5.92 Å². The van der Waals surface area contributed by atoms with Gasteiger partial charge in [-0.05, 0) is 44.7 Å². The second-order valence-corrected chi connectivity index (χ2v) is 7.86. The van der Waals surface area contributed by atoms with E-state index in [0.29, 0.717) is 23.9 Å². The largest absolute Gasteiger partial charge is 0.371 e. The summed E-state index contributed by atoms with van der Waals surface area (Å²) < 4.78 is 6.14. The average molecular weight is 328 g/mol. The molecular weight excluding hydrogens is 300 g/mol. The summed E-state index contributed by atoms with van der Waals surface area (Å²) in [6.45, 7) is 8.86. The highest BCUT2D eigenvalue weighted by molar-refractivity contribution is 5.86. The number of β-lactam (4-membered cyclic amide) rings is 1. The van der Waals surface area contributed by atoms with Gasteiger partial charge in [-0.2, -0.15) is 0 Å². The molecule has 2 saturated heterocycles. The summed E-state index contributed by atoms with van der Waals surface area (Å²) in [7, 11) is 0. The number of nitrogens with zero attached hydrogens (tertiary/aromatic N) is 2. The summed E-state index contributed by atoms with van der Waals surface area (Å²) >= 11 is 0. The van der Waals surface area contributed by atoms with Gasteiger partial charge in [0.1, 0.15) is 0 Å². The fourth-order valence-electron chi connectivity index (χ4n) is 4.56. The normalized spacial score (nSPS) is 33.5. The third-order valence-corrected chi connectivity index (χ3v) is 6.16. The molecule has 4 rings (SSSR count). The lowest BCUT2D eigenvalue weighted by Gasteiger charge is -2.49. The number of hydrogen-bond acceptors (Lipinski definition) is 3. The molecule has 4 atom stereocenters. The molecule has 1 aliphatic carbocycles. The van der Waals surface area contributed by atoms with Crippen LogP contribution in [0.3, 0.4) is 0 Å². The van der Waals surface area contributed by atoms with Crippen LogP contribution >= 0.6 is 0 Å². The van der Waals surface area contributed by atoms with Crippen LogP contribution in [-0.4, -0.2) is 47.6 Å². The van der Waals surface area contributed by atoms with E-state index in [9.17, 15) is 4.79 Å². The van der Waals surface area contributed by atoms with Crippen molar-refractivity contribution in [1.29, 1.82) is 0 Å². The molecule has 0 spiro atoms. The van der Waals surface area contributed by atoms with Gasteiger partial charge in [-0.3, -0.25) is 9.69 Å². The second kappa shape index (κ2) is 6.16. The average Bonchev–Trinajstić information content (AvgIpc) is 3.01. The Labute approximate surface area is 144 Å². The molecule has 0 N–H and O–H groups in total. The number of ether oxygens (including phenoxy) is 1. The summed E-state index contributed by atoms with van der Waals surface area (Å²) in [5.74, 6) is 0.704. The zero-order chi connectivity index (χ0) is 16.8. The molecule has 3 aliphatic rings. The Kier molecular flexibility index (Phi) is 4.13. The zero-order valence-electron chi connectivity index (χ0n) is 15.0. The fraction of sp³-hybridized carbons (Fsp3) is 0.650. The Morgan fingerprint density at radius 1 is 1.25 bits per heavy atom. The van der Waals surface area contributed by atoms with Gasteiger partial charge in [0.15, 0.2) is 0 Å². The van der Waals surface area contributed by atoms with Crippen LogP contribution in [0.5, 0.6) is 0 Å². The first-order valence-corrected chi connectivity index (χ1v) is 9.28. The van der Waals surface area contributed by atoms with Gasteiger partial charge in [-0.15, -0.1) is 0 Å². The van der Waals surface area contributed by atoms with Crippen LogP contribution in [0.25, 0.3) is 0 Å². The number of aryl methyl sites for hydroxylation is 2. The van der Waals surface area contributed by atoms with Crippen molar-refractivity contribution in [2.75, 3.05) is 19.8 Å². The second-order valence-electron chi connectivity index (χ2n) is 7.86. The highest BCUT2D eigenvalue weighted by Crippen LogP contribution is 2.40. The van der Waals surface area contributed by atoms with Crippen molar-refractivity contribution >= 4 is 5.91 Å². The van der Waals surface area contributed by atoms with E-state index in [1.54, 1.807) is 0 Å². The summed E-state index contributed by atoms with van der Waals surface area (Å²) in [5.41, 5.74) is 3.85. The standard InChI is InChI=1S/C20H28N2O2/c1-13-7-8-14(2)17(9-13)19-10-21(15(3)11-24-19)12-22-18-6-4-5-16(18)20(22)23/h7-9,15-16,18-19H,4-6,10-12H2,1-3H3/t15-,16-,18+,19+/m1/s1. The lowest BCUT2D eigenvalue weighted by molar-refractivity contribution is -0.163. The first-order chi connectivity index (χ1) is 11.5. The Morgan fingerprint density at radius 2 is 2.08 bits per heavy atom. The number of carbonyl (C=O) groups excluding carboxylic acids is 1. The number of morpholine rings is 1. The smallest absolute Gasteiger partial charge is 0.229 e. The molecule has 0 aromatic heterocycles. The van der Waals surface area contributed by atoms with Gasteiger partial charge >= 0.3 is 0 Å². The minimum atomic E-state index is 0.108. The maximum atomic E-state index is 12.3. The topological polar surface area (TPSA) is 32.8 Å². The Morgan fingerprint density at radius 3 is 2.92 bits per heavy atom. The van der Waals surface area contributed by atoms with Gasteiger partial charge in [0.05, 0.1) is 25.3 Å². The van der Waals surface area contributed by atoms with Crippen molar-refractivity contribution < 1.29 is 9.53 Å². The van der Waals surface area contributed by atoms with Gasteiger partial charge in [-0.1, -0.05) is 30.2 Å². The molecule has 2 heterocycles. The molecule has 3 fully saturated rings. The van der Waals surface area contributed by atoms with Gasteiger partial charge in [0.25, 0.3) is 0 Å². The predicted molar refractivity (Wildman–Crippen MR) is 93.6 cm³/mol. The van der Waals surface area contributed by atoms with Crippen LogP contribution < -0.4 is 0 Å². The van der Waals surface area contributed by atoms with E-state index < -0.39 is 0 Å². The van der Waals surface area contributed by atoms with E-state index in [2.05, 4.69) is 48.8 Å². The lowest BCUT2D eigenvalue weighted by atomic mass is 9.91. The van der Waals surface area contributed by atoms with Crippen molar-refractivity contribution in [2.45, 2.75) is 58.2 Å². The molecule has 0 radical (unpaired) electrons. The molecule has 4 nitrogen and oxygen atoms in total. The summed E-state index contributed by atoms with van der Waals surface area (Å²) in [6, 6.07) is 7.45. The molecule has 0 unspecified atom stereocenters. The van der Waals surface area contributed by atoms with Crippen LogP contribution in [0.2, 0.25) is 0 Å². The number of benzene rings is 1. The Hall–Kier alpha value is -1.39. The lowest BCUT2D eigenvalue weighted by Crippen LogP contribution is -2.63. The molecule has 24 heavy (non-hydrogen) atoms. The van der Waals surface area contributed by atoms with Crippen LogP contribution in [0, 0.1) is 19.8 Å². The molecule has 1 aromatic rings. The van der Waals surface area contributed by atoms with E-state index in [4.69, 9.17) is 4.74 Å². The van der Waals surface area contributed by atoms with E-state index in [-0.39, 0.29) is 6.10 Å². The Balaban J connectivity index is 1.47. The third kappa shape index (κ3) is 2.66. The van der Waals surface area contributed by atoms with Crippen molar-refractivity contribution in [3.8, 4) is 0 Å². The van der Waals surface area contributed by atoms with E-state index in [1.807, 2.05) is 0 Å². The highest BCUT2D eigenvalue weighted by Gasteiger charge is 2.50. The van der Waals surface area contributed by atoms with Gasteiger partial charge in [-0.25, -0.2) is 0 Å². The van der Waals surface area contributed by atoms with E-state index in [0.717, 1.165) is 26.2 Å². The minimum absolute atomic E-state index is 0.108. The fourth-order valence-corrected chi connectivity index (χ4v) is 4.56. The first-order valence-electron chi connectivity index (χ1n) is 9.28. The number of fused-ring (bicyclic) bond motifs is 1.